The molecule has 0 spiro atoms. The van der Waals surface area contributed by atoms with Gasteiger partial charge in [0.05, 0.1) is 5.92 Å². The highest BCUT2D eigenvalue weighted by Gasteiger charge is 2.16. The van der Waals surface area contributed by atoms with Crippen molar-refractivity contribution in [2.24, 2.45) is 11.7 Å². The zero-order valence-corrected chi connectivity index (χ0v) is 8.63. The third kappa shape index (κ3) is 3.56. The molecule has 1 aromatic carbocycles. The Labute approximate surface area is 89.2 Å². The van der Waals surface area contributed by atoms with Gasteiger partial charge in [-0.05, 0) is 5.56 Å². The summed E-state index contributed by atoms with van der Waals surface area (Å²) in [5.41, 5.74) is 6.72. The third-order valence-corrected chi connectivity index (χ3v) is 2.28. The summed E-state index contributed by atoms with van der Waals surface area (Å²) in [4.78, 5) is 10.6. The first-order valence-corrected chi connectivity index (χ1v) is 4.83. The van der Waals surface area contributed by atoms with Crippen molar-refractivity contribution >= 4 is 12.0 Å². The van der Waals surface area contributed by atoms with Crippen molar-refractivity contribution in [3.63, 3.8) is 0 Å². The fourth-order valence-corrected chi connectivity index (χ4v) is 1.12. The molecule has 2 unspecified atom stereocenters. The van der Waals surface area contributed by atoms with Crippen molar-refractivity contribution < 1.29 is 9.90 Å². The highest BCUT2D eigenvalue weighted by Crippen LogP contribution is 2.06. The summed E-state index contributed by atoms with van der Waals surface area (Å²) >= 11 is 0. The second kappa shape index (κ2) is 5.32. The zero-order chi connectivity index (χ0) is 11.3. The Hall–Kier alpha value is -1.61. The number of hydrogen-bond acceptors (Lipinski definition) is 2. The summed E-state index contributed by atoms with van der Waals surface area (Å²) in [7, 11) is 0. The van der Waals surface area contributed by atoms with Crippen LogP contribution in [0.5, 0.6) is 0 Å². The summed E-state index contributed by atoms with van der Waals surface area (Å²) < 4.78 is 0. The van der Waals surface area contributed by atoms with E-state index in [1.807, 2.05) is 36.4 Å². The monoisotopic (exact) mass is 205 g/mol. The van der Waals surface area contributed by atoms with Crippen LogP contribution in [0.25, 0.3) is 6.08 Å². The Morgan fingerprint density at radius 2 is 2.00 bits per heavy atom. The topological polar surface area (TPSA) is 63.3 Å². The maximum Gasteiger partial charge on any atom is 0.308 e. The number of carboxylic acid groups (broad SMARTS) is 1. The van der Waals surface area contributed by atoms with Crippen molar-refractivity contribution in [3.8, 4) is 0 Å². The van der Waals surface area contributed by atoms with Gasteiger partial charge in [-0.3, -0.25) is 4.79 Å². The predicted octanol–water partition coefficient (Wildman–Crippen LogP) is 1.75. The molecule has 2 atom stereocenters. The number of nitrogens with two attached hydrogens (primary N) is 1. The molecular formula is C12H15NO2. The van der Waals surface area contributed by atoms with Crippen LogP contribution in [-0.2, 0) is 4.79 Å². The van der Waals surface area contributed by atoms with Crippen molar-refractivity contribution in [1.82, 2.24) is 0 Å². The van der Waals surface area contributed by atoms with E-state index >= 15 is 0 Å². The van der Waals surface area contributed by atoms with Gasteiger partial charge in [-0.15, -0.1) is 0 Å². The Morgan fingerprint density at radius 1 is 1.40 bits per heavy atom. The molecule has 0 heterocycles. The van der Waals surface area contributed by atoms with Crippen LogP contribution >= 0.6 is 0 Å². The van der Waals surface area contributed by atoms with Crippen LogP contribution in [0.1, 0.15) is 12.5 Å². The van der Waals surface area contributed by atoms with Crippen LogP contribution in [0.3, 0.4) is 0 Å². The number of benzene rings is 1. The lowest BCUT2D eigenvalue weighted by Gasteiger charge is -2.10. The number of rotatable bonds is 4. The molecule has 0 aliphatic rings. The summed E-state index contributed by atoms with van der Waals surface area (Å²) in [6.07, 6.45) is 3.55. The normalized spacial score (nSPS) is 15.1. The lowest BCUT2D eigenvalue weighted by molar-refractivity contribution is -0.141. The van der Waals surface area contributed by atoms with Crippen LogP contribution < -0.4 is 5.73 Å². The average Bonchev–Trinajstić information content (AvgIpc) is 2.26. The second-order valence-corrected chi connectivity index (χ2v) is 3.47. The van der Waals surface area contributed by atoms with E-state index in [4.69, 9.17) is 10.8 Å². The molecule has 3 nitrogen and oxygen atoms in total. The molecule has 0 aromatic heterocycles. The van der Waals surface area contributed by atoms with Crippen molar-refractivity contribution in [2.75, 3.05) is 0 Å². The van der Waals surface area contributed by atoms with E-state index in [1.54, 1.807) is 13.0 Å². The smallest absolute Gasteiger partial charge is 0.308 e. The Kier molecular flexibility index (Phi) is 4.06. The number of hydrogen-bond donors (Lipinski definition) is 2. The van der Waals surface area contributed by atoms with E-state index in [9.17, 15) is 4.79 Å². The first kappa shape index (κ1) is 11.5. The van der Waals surface area contributed by atoms with Gasteiger partial charge in [0.15, 0.2) is 0 Å². The highest BCUT2D eigenvalue weighted by atomic mass is 16.4. The lowest BCUT2D eigenvalue weighted by Crippen LogP contribution is -2.31. The Morgan fingerprint density at radius 3 is 2.53 bits per heavy atom. The first-order valence-electron chi connectivity index (χ1n) is 4.83. The molecule has 0 saturated carbocycles. The molecule has 0 aliphatic carbocycles. The molecule has 0 fully saturated rings. The number of carboxylic acids is 1. The van der Waals surface area contributed by atoms with Crippen molar-refractivity contribution in [3.05, 3.63) is 42.0 Å². The molecule has 0 saturated heterocycles. The molecule has 1 aromatic rings. The van der Waals surface area contributed by atoms with Crippen LogP contribution in [0.2, 0.25) is 0 Å². The van der Waals surface area contributed by atoms with Gasteiger partial charge in [-0.2, -0.15) is 0 Å². The molecule has 0 radical (unpaired) electrons. The van der Waals surface area contributed by atoms with Crippen LogP contribution in [0.15, 0.2) is 36.4 Å². The molecule has 0 amide bonds. The van der Waals surface area contributed by atoms with Crippen LogP contribution in [0.4, 0.5) is 0 Å². The highest BCUT2D eigenvalue weighted by molar-refractivity contribution is 5.71. The standard InChI is InChI=1S/C12H15NO2/c1-9(12(14)15)11(13)8-7-10-5-3-2-4-6-10/h2-9,11H,13H2,1H3,(H,14,15)/b8-7+. The van der Waals surface area contributed by atoms with Crippen molar-refractivity contribution in [1.29, 1.82) is 0 Å². The van der Waals surface area contributed by atoms with Gasteiger partial charge < -0.3 is 10.8 Å². The summed E-state index contributed by atoms with van der Waals surface area (Å²) in [5.74, 6) is -1.44. The predicted molar refractivity (Wildman–Crippen MR) is 60.3 cm³/mol. The van der Waals surface area contributed by atoms with Crippen LogP contribution in [-0.4, -0.2) is 17.1 Å². The maximum atomic E-state index is 10.6. The zero-order valence-electron chi connectivity index (χ0n) is 8.63. The van der Waals surface area contributed by atoms with E-state index in [1.165, 1.54) is 0 Å². The van der Waals surface area contributed by atoms with Crippen molar-refractivity contribution in [2.45, 2.75) is 13.0 Å². The minimum absolute atomic E-state index is 0.456. The summed E-state index contributed by atoms with van der Waals surface area (Å²) in [6.45, 7) is 1.60. The molecule has 3 heteroatoms. The van der Waals surface area contributed by atoms with E-state index in [2.05, 4.69) is 0 Å². The second-order valence-electron chi connectivity index (χ2n) is 3.47. The van der Waals surface area contributed by atoms with Gasteiger partial charge in [-0.25, -0.2) is 0 Å². The minimum atomic E-state index is -0.875. The molecule has 0 aliphatic heterocycles. The van der Waals surface area contributed by atoms with E-state index in [-0.39, 0.29) is 0 Å². The fraction of sp³-hybridized carbons (Fsp3) is 0.250. The van der Waals surface area contributed by atoms with Gasteiger partial charge in [-0.1, -0.05) is 49.4 Å². The van der Waals surface area contributed by atoms with Gasteiger partial charge in [0.2, 0.25) is 0 Å². The quantitative estimate of drug-likeness (QED) is 0.787. The molecule has 80 valence electrons. The lowest BCUT2D eigenvalue weighted by atomic mass is 10.0. The number of aliphatic carboxylic acids is 1. The van der Waals surface area contributed by atoms with Gasteiger partial charge in [0.1, 0.15) is 0 Å². The molecule has 3 N–H and O–H groups in total. The average molecular weight is 205 g/mol. The number of carbonyl (C=O) groups is 1. The molecule has 15 heavy (non-hydrogen) atoms. The largest absolute Gasteiger partial charge is 0.481 e. The summed E-state index contributed by atoms with van der Waals surface area (Å²) in [6, 6.07) is 9.20. The van der Waals surface area contributed by atoms with Gasteiger partial charge >= 0.3 is 5.97 Å². The van der Waals surface area contributed by atoms with E-state index < -0.39 is 17.9 Å². The molecule has 1 rings (SSSR count). The van der Waals surface area contributed by atoms with Gasteiger partial charge in [0, 0.05) is 6.04 Å². The summed E-state index contributed by atoms with van der Waals surface area (Å²) in [5, 5.41) is 8.74. The molecule has 0 bridgehead atoms. The minimum Gasteiger partial charge on any atom is -0.481 e. The van der Waals surface area contributed by atoms with Crippen LogP contribution in [0, 0.1) is 5.92 Å². The first-order chi connectivity index (χ1) is 7.11. The van der Waals surface area contributed by atoms with E-state index in [0.29, 0.717) is 0 Å². The van der Waals surface area contributed by atoms with Gasteiger partial charge in [0.25, 0.3) is 0 Å². The Balaban J connectivity index is 2.62. The third-order valence-electron chi connectivity index (χ3n) is 2.28. The SMILES string of the molecule is CC(C(=O)O)C(N)/C=C/c1ccccc1. The van der Waals surface area contributed by atoms with E-state index in [0.717, 1.165) is 5.56 Å². The molecular weight excluding hydrogens is 190 g/mol. The Bertz CT molecular complexity index is 346. The maximum absolute atomic E-state index is 10.6. The fourth-order valence-electron chi connectivity index (χ4n) is 1.12.